The summed E-state index contributed by atoms with van der Waals surface area (Å²) in [5.74, 6) is 0.941. The zero-order chi connectivity index (χ0) is 28.0. The first-order chi connectivity index (χ1) is 19.4. The Morgan fingerprint density at radius 1 is 0.650 bits per heavy atom. The smallest absolute Gasteiger partial charge is 0.343 e. The molecule has 5 heteroatoms. The third-order valence-corrected chi connectivity index (χ3v) is 8.86. The van der Waals surface area contributed by atoms with E-state index in [1.165, 1.54) is 22.3 Å². The molecule has 0 atom stereocenters. The van der Waals surface area contributed by atoms with Crippen molar-refractivity contribution in [1.29, 1.82) is 0 Å². The Bertz CT molecular complexity index is 1680. The molecule has 1 aliphatic rings. The predicted molar refractivity (Wildman–Crippen MR) is 167 cm³/mol. The summed E-state index contributed by atoms with van der Waals surface area (Å²) in [6, 6.07) is 34.9. The van der Waals surface area contributed by atoms with Crippen LogP contribution in [0.15, 0.2) is 112 Å². The summed E-state index contributed by atoms with van der Waals surface area (Å²) in [6.45, 7) is 4.05. The van der Waals surface area contributed by atoms with Gasteiger partial charge in [0.2, 0.25) is 0 Å². The lowest BCUT2D eigenvalue weighted by atomic mass is 9.67. The zero-order valence-corrected chi connectivity index (χ0v) is 25.5. The number of benzene rings is 5. The molecular weight excluding hydrogens is 628 g/mol. The normalized spacial score (nSPS) is 12.9. The van der Waals surface area contributed by atoms with Crippen molar-refractivity contribution in [2.45, 2.75) is 19.3 Å². The largest absolute Gasteiger partial charge is 0.495 e. The van der Waals surface area contributed by atoms with Crippen LogP contribution >= 0.6 is 31.9 Å². The average molecular weight is 654 g/mol. The maximum Gasteiger partial charge on any atom is 0.343 e. The molecule has 3 nitrogen and oxygen atoms in total. The van der Waals surface area contributed by atoms with Crippen LogP contribution in [0.4, 0.5) is 0 Å². The van der Waals surface area contributed by atoms with Gasteiger partial charge in [-0.3, -0.25) is 0 Å². The molecule has 1 aliphatic carbocycles. The topological polar surface area (TPSA) is 35.5 Å². The number of ether oxygens (including phenoxy) is 2. The third-order valence-electron chi connectivity index (χ3n) is 7.69. The molecule has 6 rings (SSSR count). The van der Waals surface area contributed by atoms with Gasteiger partial charge in [0.1, 0.15) is 11.5 Å². The monoisotopic (exact) mass is 652 g/mol. The van der Waals surface area contributed by atoms with E-state index in [-0.39, 0.29) is 0 Å². The van der Waals surface area contributed by atoms with Gasteiger partial charge >= 0.3 is 5.97 Å². The van der Waals surface area contributed by atoms with Crippen LogP contribution in [0.3, 0.4) is 0 Å². The summed E-state index contributed by atoms with van der Waals surface area (Å²) in [5, 5.41) is 0. The summed E-state index contributed by atoms with van der Waals surface area (Å²) in [7, 11) is 1.69. The minimum Gasteiger partial charge on any atom is -0.495 e. The SMILES string of the molecule is COc1c(C)cc(C2(c3cc(C)c(OC(=O)c4ccccc4)c(Br)c3)c3ccccc3-c3ccccc32)cc1Br. The molecule has 0 saturated heterocycles. The highest BCUT2D eigenvalue weighted by Gasteiger charge is 2.46. The fourth-order valence-corrected chi connectivity index (χ4v) is 7.39. The van der Waals surface area contributed by atoms with E-state index in [0.717, 1.165) is 36.9 Å². The molecule has 5 aromatic rings. The van der Waals surface area contributed by atoms with Crippen molar-refractivity contribution in [3.05, 3.63) is 151 Å². The van der Waals surface area contributed by atoms with Gasteiger partial charge in [-0.1, -0.05) is 78.9 Å². The molecule has 0 radical (unpaired) electrons. The van der Waals surface area contributed by atoms with Crippen molar-refractivity contribution in [2.24, 2.45) is 0 Å². The van der Waals surface area contributed by atoms with Crippen LogP contribution in [-0.2, 0) is 5.41 Å². The highest BCUT2D eigenvalue weighted by Crippen LogP contribution is 2.57. The van der Waals surface area contributed by atoms with Crippen LogP contribution in [0.25, 0.3) is 11.1 Å². The summed E-state index contributed by atoms with van der Waals surface area (Å²) >= 11 is 7.55. The van der Waals surface area contributed by atoms with Crippen LogP contribution in [0.2, 0.25) is 0 Å². The Balaban J connectivity index is 1.61. The Morgan fingerprint density at radius 3 is 1.62 bits per heavy atom. The van der Waals surface area contributed by atoms with Crippen molar-refractivity contribution >= 4 is 37.8 Å². The Hall–Kier alpha value is -3.67. The molecule has 0 unspecified atom stereocenters. The second-order valence-electron chi connectivity index (χ2n) is 10.0. The highest BCUT2D eigenvalue weighted by molar-refractivity contribution is 9.11. The van der Waals surface area contributed by atoms with Crippen LogP contribution in [0.1, 0.15) is 43.7 Å². The molecule has 0 aromatic heterocycles. The third kappa shape index (κ3) is 4.11. The first-order valence-electron chi connectivity index (χ1n) is 13.0. The molecule has 5 aromatic carbocycles. The average Bonchev–Trinajstić information content (AvgIpc) is 3.26. The molecular formula is C35H26Br2O3. The number of aryl methyl sites for hydroxylation is 2. The summed E-state index contributed by atoms with van der Waals surface area (Å²) in [6.07, 6.45) is 0. The van der Waals surface area contributed by atoms with Crippen molar-refractivity contribution in [3.8, 4) is 22.6 Å². The number of fused-ring (bicyclic) bond motifs is 3. The molecule has 0 fully saturated rings. The van der Waals surface area contributed by atoms with Gasteiger partial charge in [0.05, 0.1) is 27.0 Å². The fraction of sp³-hybridized carbons (Fsp3) is 0.114. The minimum absolute atomic E-state index is 0.391. The van der Waals surface area contributed by atoms with Crippen molar-refractivity contribution in [3.63, 3.8) is 0 Å². The van der Waals surface area contributed by atoms with Crippen LogP contribution in [-0.4, -0.2) is 13.1 Å². The molecule has 40 heavy (non-hydrogen) atoms. The Morgan fingerprint density at radius 2 is 1.12 bits per heavy atom. The van der Waals surface area contributed by atoms with Crippen molar-refractivity contribution in [1.82, 2.24) is 0 Å². The van der Waals surface area contributed by atoms with E-state index in [4.69, 9.17) is 9.47 Å². The number of rotatable bonds is 5. The number of hydrogen-bond acceptors (Lipinski definition) is 3. The van der Waals surface area contributed by atoms with Gasteiger partial charge in [-0.05, 0) is 114 Å². The molecule has 198 valence electrons. The van der Waals surface area contributed by atoms with E-state index in [9.17, 15) is 4.79 Å². The zero-order valence-electron chi connectivity index (χ0n) is 22.3. The van der Waals surface area contributed by atoms with E-state index in [1.54, 1.807) is 19.2 Å². The van der Waals surface area contributed by atoms with Crippen molar-refractivity contribution < 1.29 is 14.3 Å². The number of carbonyl (C=O) groups is 1. The second-order valence-corrected chi connectivity index (χ2v) is 11.7. The van der Waals surface area contributed by atoms with Gasteiger partial charge in [-0.25, -0.2) is 4.79 Å². The number of hydrogen-bond donors (Lipinski definition) is 0. The molecule has 0 spiro atoms. The summed E-state index contributed by atoms with van der Waals surface area (Å²) in [4.78, 5) is 12.9. The number of methoxy groups -OCH3 is 1. The van der Waals surface area contributed by atoms with E-state index < -0.39 is 11.4 Å². The maximum absolute atomic E-state index is 12.9. The number of halogens is 2. The van der Waals surface area contributed by atoms with Gasteiger partial charge < -0.3 is 9.47 Å². The van der Waals surface area contributed by atoms with Gasteiger partial charge in [-0.15, -0.1) is 0 Å². The lowest BCUT2D eigenvalue weighted by Gasteiger charge is -2.35. The summed E-state index contributed by atoms with van der Waals surface area (Å²) in [5.41, 5.74) is 8.80. The highest BCUT2D eigenvalue weighted by atomic mass is 79.9. The first kappa shape index (κ1) is 26.5. The quantitative estimate of drug-likeness (QED) is 0.137. The molecule has 0 N–H and O–H groups in total. The number of carbonyl (C=O) groups excluding carboxylic acids is 1. The van der Waals surface area contributed by atoms with Gasteiger partial charge in [0, 0.05) is 0 Å². The Kier molecular flexibility index (Phi) is 6.89. The standard InChI is InChI=1S/C35H26Br2O3/c1-21-17-24(19-30(36)32(21)39-3)35(28-15-9-7-13-26(28)27-14-8-10-16-29(27)35)25-18-22(2)33(31(37)20-25)40-34(38)23-11-5-4-6-12-23/h4-20H,1-3H3. The molecule has 0 saturated carbocycles. The lowest BCUT2D eigenvalue weighted by molar-refractivity contribution is 0.0732. The molecule has 0 heterocycles. The van der Waals surface area contributed by atoms with E-state index >= 15 is 0 Å². The fourth-order valence-electron chi connectivity index (χ4n) is 6.03. The summed E-state index contributed by atoms with van der Waals surface area (Å²) < 4.78 is 13.2. The van der Waals surface area contributed by atoms with Crippen LogP contribution < -0.4 is 9.47 Å². The van der Waals surface area contributed by atoms with Gasteiger partial charge in [0.25, 0.3) is 0 Å². The minimum atomic E-state index is -0.609. The van der Waals surface area contributed by atoms with Gasteiger partial charge in [0.15, 0.2) is 0 Å². The van der Waals surface area contributed by atoms with Crippen LogP contribution in [0.5, 0.6) is 11.5 Å². The maximum atomic E-state index is 12.9. The van der Waals surface area contributed by atoms with Crippen LogP contribution in [0, 0.1) is 13.8 Å². The van der Waals surface area contributed by atoms with E-state index in [0.29, 0.717) is 11.3 Å². The molecule has 0 amide bonds. The molecule has 0 aliphatic heterocycles. The van der Waals surface area contributed by atoms with E-state index in [1.807, 2.05) is 25.1 Å². The Labute approximate surface area is 251 Å². The molecule has 0 bridgehead atoms. The first-order valence-corrected chi connectivity index (χ1v) is 14.6. The van der Waals surface area contributed by atoms with Gasteiger partial charge in [-0.2, -0.15) is 0 Å². The lowest BCUT2D eigenvalue weighted by Crippen LogP contribution is -2.29. The number of esters is 1. The van der Waals surface area contributed by atoms with E-state index in [2.05, 4.69) is 112 Å². The predicted octanol–water partition coefficient (Wildman–Crippen LogP) is 9.42. The van der Waals surface area contributed by atoms with Crippen molar-refractivity contribution in [2.75, 3.05) is 7.11 Å². The second kappa shape index (κ2) is 10.4.